The number of carboxylic acids is 1. The lowest BCUT2D eigenvalue weighted by Crippen LogP contribution is -2.26. The Morgan fingerprint density at radius 1 is 1.44 bits per heavy atom. The Kier molecular flexibility index (Phi) is 6.11. The molecule has 18 heavy (non-hydrogen) atoms. The van der Waals surface area contributed by atoms with Crippen LogP contribution in [0.15, 0.2) is 22.7 Å². The third kappa shape index (κ3) is 4.64. The van der Waals surface area contributed by atoms with Crippen molar-refractivity contribution < 1.29 is 19.4 Å². The summed E-state index contributed by atoms with van der Waals surface area (Å²) in [5, 5.41) is 12.1. The number of hydrogen-bond acceptors (Lipinski definition) is 4. The van der Waals surface area contributed by atoms with E-state index >= 15 is 0 Å². The zero-order chi connectivity index (χ0) is 13.5. The van der Waals surface area contributed by atoms with Crippen LogP contribution in [-0.4, -0.2) is 44.6 Å². The summed E-state index contributed by atoms with van der Waals surface area (Å²) in [6, 6.07) is 4.94. The van der Waals surface area contributed by atoms with Crippen molar-refractivity contribution in [1.29, 1.82) is 0 Å². The molecular formula is C12H16BrNO4. The molecule has 6 heteroatoms. The Morgan fingerprint density at radius 2 is 2.17 bits per heavy atom. The highest BCUT2D eigenvalue weighted by atomic mass is 79.9. The molecule has 1 unspecified atom stereocenters. The Hall–Kier alpha value is -1.11. The highest BCUT2D eigenvalue weighted by Gasteiger charge is 2.09. The van der Waals surface area contributed by atoms with Crippen LogP contribution < -0.4 is 5.32 Å². The van der Waals surface area contributed by atoms with Crippen LogP contribution >= 0.6 is 15.9 Å². The average Bonchev–Trinajstić information content (AvgIpc) is 2.33. The molecule has 0 heterocycles. The minimum absolute atomic E-state index is 0.0812. The van der Waals surface area contributed by atoms with Gasteiger partial charge in [-0.3, -0.25) is 0 Å². The van der Waals surface area contributed by atoms with Gasteiger partial charge in [-0.25, -0.2) is 4.79 Å². The first-order chi connectivity index (χ1) is 8.56. The van der Waals surface area contributed by atoms with Gasteiger partial charge in [-0.1, -0.05) is 15.9 Å². The minimum Gasteiger partial charge on any atom is -0.478 e. The van der Waals surface area contributed by atoms with E-state index in [4.69, 9.17) is 14.6 Å². The Bertz CT molecular complexity index is 411. The number of benzene rings is 1. The predicted octanol–water partition coefficient (Wildman–Crippen LogP) is 2.22. The van der Waals surface area contributed by atoms with Crippen molar-refractivity contribution in [2.24, 2.45) is 0 Å². The van der Waals surface area contributed by atoms with E-state index in [0.717, 1.165) is 5.69 Å². The van der Waals surface area contributed by atoms with Crippen LogP contribution in [0.5, 0.6) is 0 Å². The van der Waals surface area contributed by atoms with E-state index in [1.54, 1.807) is 26.4 Å². The van der Waals surface area contributed by atoms with Gasteiger partial charge in [0, 0.05) is 30.9 Å². The highest BCUT2D eigenvalue weighted by Crippen LogP contribution is 2.19. The maximum Gasteiger partial charge on any atom is 0.335 e. The first-order valence-electron chi connectivity index (χ1n) is 5.36. The SMILES string of the molecule is COCC(CNc1cc(Br)cc(C(=O)O)c1)OC. The van der Waals surface area contributed by atoms with Crippen LogP contribution in [0.25, 0.3) is 0 Å². The lowest BCUT2D eigenvalue weighted by Gasteiger charge is -2.16. The molecule has 0 aromatic heterocycles. The van der Waals surface area contributed by atoms with Crippen LogP contribution in [-0.2, 0) is 9.47 Å². The van der Waals surface area contributed by atoms with Gasteiger partial charge >= 0.3 is 5.97 Å². The van der Waals surface area contributed by atoms with E-state index in [2.05, 4.69) is 21.2 Å². The van der Waals surface area contributed by atoms with Crippen LogP contribution in [0.2, 0.25) is 0 Å². The third-order valence-corrected chi connectivity index (χ3v) is 2.82. The standard InChI is InChI=1S/C12H16BrNO4/c1-17-7-11(18-2)6-14-10-4-8(12(15)16)3-9(13)5-10/h3-5,11,14H,6-7H2,1-2H3,(H,15,16). The Labute approximate surface area is 114 Å². The fraction of sp³-hybridized carbons (Fsp3) is 0.417. The fourth-order valence-electron chi connectivity index (χ4n) is 1.44. The summed E-state index contributed by atoms with van der Waals surface area (Å²) in [5.41, 5.74) is 0.951. The molecule has 0 fully saturated rings. The molecule has 0 saturated carbocycles. The summed E-state index contributed by atoms with van der Waals surface area (Å²) in [5.74, 6) is -0.959. The van der Waals surface area contributed by atoms with Crippen LogP contribution in [0, 0.1) is 0 Å². The van der Waals surface area contributed by atoms with Gasteiger partial charge in [0.05, 0.1) is 18.3 Å². The van der Waals surface area contributed by atoms with E-state index in [1.165, 1.54) is 0 Å². The van der Waals surface area contributed by atoms with Gasteiger partial charge in [0.2, 0.25) is 0 Å². The minimum atomic E-state index is -0.959. The molecule has 5 nitrogen and oxygen atoms in total. The van der Waals surface area contributed by atoms with Crippen molar-refractivity contribution in [1.82, 2.24) is 0 Å². The third-order valence-electron chi connectivity index (χ3n) is 2.36. The number of rotatable bonds is 7. The number of carbonyl (C=O) groups is 1. The number of anilines is 1. The maximum absolute atomic E-state index is 10.9. The molecule has 0 aliphatic heterocycles. The zero-order valence-electron chi connectivity index (χ0n) is 10.3. The topological polar surface area (TPSA) is 67.8 Å². The number of methoxy groups -OCH3 is 2. The van der Waals surface area contributed by atoms with Crippen molar-refractivity contribution in [2.45, 2.75) is 6.10 Å². The van der Waals surface area contributed by atoms with E-state index in [1.807, 2.05) is 6.07 Å². The molecule has 1 aromatic carbocycles. The molecule has 0 aliphatic carbocycles. The normalized spacial score (nSPS) is 12.2. The van der Waals surface area contributed by atoms with Crippen molar-refractivity contribution in [3.05, 3.63) is 28.2 Å². The predicted molar refractivity (Wildman–Crippen MR) is 72.3 cm³/mol. The van der Waals surface area contributed by atoms with Gasteiger partial charge in [0.25, 0.3) is 0 Å². The Morgan fingerprint density at radius 3 is 2.72 bits per heavy atom. The lowest BCUT2D eigenvalue weighted by molar-refractivity contribution is 0.0365. The van der Waals surface area contributed by atoms with Gasteiger partial charge in [-0.05, 0) is 18.2 Å². The van der Waals surface area contributed by atoms with E-state index in [9.17, 15) is 4.79 Å². The molecule has 0 spiro atoms. The summed E-state index contributed by atoms with van der Waals surface area (Å²) in [6.07, 6.45) is -0.0812. The first kappa shape index (κ1) is 14.9. The quantitative estimate of drug-likeness (QED) is 0.807. The first-order valence-corrected chi connectivity index (χ1v) is 6.15. The molecule has 0 amide bonds. The molecule has 1 atom stereocenters. The van der Waals surface area contributed by atoms with Crippen molar-refractivity contribution in [3.8, 4) is 0 Å². The number of aromatic carboxylic acids is 1. The second-order valence-corrected chi connectivity index (χ2v) is 4.64. The average molecular weight is 318 g/mol. The summed E-state index contributed by atoms with van der Waals surface area (Å²) in [4.78, 5) is 10.9. The molecule has 0 saturated heterocycles. The van der Waals surface area contributed by atoms with Gasteiger partial charge in [0.1, 0.15) is 0 Å². The van der Waals surface area contributed by atoms with Crippen molar-refractivity contribution >= 4 is 27.6 Å². The molecular weight excluding hydrogens is 302 g/mol. The number of hydrogen-bond donors (Lipinski definition) is 2. The molecule has 1 aromatic rings. The zero-order valence-corrected chi connectivity index (χ0v) is 11.9. The van der Waals surface area contributed by atoms with E-state index in [-0.39, 0.29) is 11.7 Å². The summed E-state index contributed by atoms with van der Waals surface area (Å²) < 4.78 is 10.9. The largest absolute Gasteiger partial charge is 0.478 e. The second-order valence-electron chi connectivity index (χ2n) is 3.73. The molecule has 100 valence electrons. The molecule has 0 radical (unpaired) electrons. The molecule has 1 rings (SSSR count). The second kappa shape index (κ2) is 7.35. The van der Waals surface area contributed by atoms with Gasteiger partial charge in [-0.2, -0.15) is 0 Å². The maximum atomic E-state index is 10.9. The van der Waals surface area contributed by atoms with Gasteiger partial charge in [-0.15, -0.1) is 0 Å². The van der Waals surface area contributed by atoms with E-state index in [0.29, 0.717) is 17.6 Å². The number of ether oxygens (including phenoxy) is 2. The molecule has 0 bridgehead atoms. The van der Waals surface area contributed by atoms with Crippen molar-refractivity contribution in [3.63, 3.8) is 0 Å². The highest BCUT2D eigenvalue weighted by molar-refractivity contribution is 9.10. The van der Waals surface area contributed by atoms with E-state index < -0.39 is 5.97 Å². The van der Waals surface area contributed by atoms with Crippen LogP contribution in [0.3, 0.4) is 0 Å². The van der Waals surface area contributed by atoms with Crippen molar-refractivity contribution in [2.75, 3.05) is 32.7 Å². The number of halogens is 1. The summed E-state index contributed by atoms with van der Waals surface area (Å²) >= 11 is 3.28. The van der Waals surface area contributed by atoms with Crippen LogP contribution in [0.1, 0.15) is 10.4 Å². The number of nitrogens with one attached hydrogen (secondary N) is 1. The smallest absolute Gasteiger partial charge is 0.335 e. The monoisotopic (exact) mass is 317 g/mol. The molecule has 0 aliphatic rings. The molecule has 2 N–H and O–H groups in total. The van der Waals surface area contributed by atoms with Gasteiger partial charge < -0.3 is 19.9 Å². The summed E-state index contributed by atoms with van der Waals surface area (Å²) in [6.45, 7) is 1.02. The fourth-order valence-corrected chi connectivity index (χ4v) is 1.94. The van der Waals surface area contributed by atoms with Gasteiger partial charge in [0.15, 0.2) is 0 Å². The Balaban J connectivity index is 2.69. The number of carboxylic acid groups (broad SMARTS) is 1. The van der Waals surface area contributed by atoms with Crippen LogP contribution in [0.4, 0.5) is 5.69 Å². The lowest BCUT2D eigenvalue weighted by atomic mass is 10.2. The summed E-state index contributed by atoms with van der Waals surface area (Å²) in [7, 11) is 3.21.